The van der Waals surface area contributed by atoms with Crippen LogP contribution in [0.1, 0.15) is 54.4 Å². The van der Waals surface area contributed by atoms with E-state index in [1.165, 1.54) is 24.6 Å². The maximum Gasteiger partial charge on any atom is 0.573 e. The number of nitrogens with zero attached hydrogens (tertiary/aromatic N) is 2. The predicted octanol–water partition coefficient (Wildman–Crippen LogP) is 6.07. The number of aldehydes is 1. The Hall–Kier alpha value is -3.60. The van der Waals surface area contributed by atoms with Gasteiger partial charge in [0, 0.05) is 24.9 Å². The van der Waals surface area contributed by atoms with Crippen LogP contribution in [0.25, 0.3) is 0 Å². The number of halogens is 3. The summed E-state index contributed by atoms with van der Waals surface area (Å²) in [6.07, 6.45) is 1.20. The molecule has 0 spiro atoms. The SMILES string of the molecule is C=C(/C=C\C=C(/C)C1[C@H](C)C(NC(=O)[C@@H](CC=O)CNC)=NN1c1cccc(O)c1)OC(F)(F)F.CC.CCC. The number of alkyl halides is 3. The molecular formula is C29H43F3N4O4. The number of amides is 1. The summed E-state index contributed by atoms with van der Waals surface area (Å²) in [5.74, 6) is -1.48. The van der Waals surface area contributed by atoms with Crippen LogP contribution in [-0.2, 0) is 14.3 Å². The van der Waals surface area contributed by atoms with E-state index in [1.54, 1.807) is 37.2 Å². The molecule has 40 heavy (non-hydrogen) atoms. The molecule has 1 unspecified atom stereocenters. The van der Waals surface area contributed by atoms with Crippen LogP contribution in [0.4, 0.5) is 18.9 Å². The average Bonchev–Trinajstić information content (AvgIpc) is 3.20. The molecule has 3 atom stereocenters. The Morgan fingerprint density at radius 2 is 1.93 bits per heavy atom. The van der Waals surface area contributed by atoms with Crippen molar-refractivity contribution in [2.75, 3.05) is 18.6 Å². The number of ether oxygens (including phenoxy) is 1. The molecule has 0 saturated carbocycles. The molecule has 224 valence electrons. The van der Waals surface area contributed by atoms with Crippen molar-refractivity contribution >= 4 is 23.7 Å². The lowest BCUT2D eigenvalue weighted by Crippen LogP contribution is -2.42. The van der Waals surface area contributed by atoms with Crippen LogP contribution in [0.2, 0.25) is 0 Å². The topological polar surface area (TPSA) is 103 Å². The molecule has 8 nitrogen and oxygen atoms in total. The lowest BCUT2D eigenvalue weighted by Gasteiger charge is -2.27. The van der Waals surface area contributed by atoms with E-state index in [2.05, 4.69) is 40.9 Å². The molecule has 0 aliphatic carbocycles. The molecule has 3 N–H and O–H groups in total. The fourth-order valence-corrected chi connectivity index (χ4v) is 3.67. The average molecular weight is 569 g/mol. The predicted molar refractivity (Wildman–Crippen MR) is 154 cm³/mol. The van der Waals surface area contributed by atoms with Crippen LogP contribution in [-0.4, -0.2) is 49.1 Å². The molecule has 1 aromatic rings. The highest BCUT2D eigenvalue weighted by atomic mass is 19.4. The van der Waals surface area contributed by atoms with Crippen molar-refractivity contribution < 1.29 is 32.6 Å². The van der Waals surface area contributed by atoms with Gasteiger partial charge in [-0.15, -0.1) is 13.2 Å². The van der Waals surface area contributed by atoms with Crippen molar-refractivity contribution in [2.45, 2.75) is 66.8 Å². The summed E-state index contributed by atoms with van der Waals surface area (Å²) >= 11 is 0. The van der Waals surface area contributed by atoms with Gasteiger partial charge in [0.25, 0.3) is 0 Å². The van der Waals surface area contributed by atoms with E-state index in [-0.39, 0.29) is 24.0 Å². The first-order valence-corrected chi connectivity index (χ1v) is 13.2. The van der Waals surface area contributed by atoms with E-state index in [9.17, 15) is 27.9 Å². The number of amidine groups is 1. The molecule has 0 aromatic heterocycles. The van der Waals surface area contributed by atoms with Gasteiger partial charge in [-0.05, 0) is 37.8 Å². The van der Waals surface area contributed by atoms with E-state index in [0.717, 1.165) is 6.08 Å². The van der Waals surface area contributed by atoms with Crippen molar-refractivity contribution in [2.24, 2.45) is 16.9 Å². The Balaban J connectivity index is 0.00000284. The minimum atomic E-state index is -4.83. The molecule has 1 aliphatic rings. The van der Waals surface area contributed by atoms with Gasteiger partial charge in [0.15, 0.2) is 0 Å². The molecule has 1 amide bonds. The monoisotopic (exact) mass is 568 g/mol. The maximum atomic E-state index is 12.8. The summed E-state index contributed by atoms with van der Waals surface area (Å²) in [6, 6.07) is 5.95. The zero-order valence-corrected chi connectivity index (χ0v) is 24.4. The van der Waals surface area contributed by atoms with Crippen LogP contribution in [0, 0.1) is 11.8 Å². The first kappa shape index (κ1) is 36.4. The van der Waals surface area contributed by atoms with Gasteiger partial charge in [-0.1, -0.05) is 65.8 Å². The Morgan fingerprint density at radius 1 is 1.30 bits per heavy atom. The largest absolute Gasteiger partial charge is 0.573 e. The van der Waals surface area contributed by atoms with Gasteiger partial charge in [-0.2, -0.15) is 5.10 Å². The zero-order chi connectivity index (χ0) is 30.9. The number of phenolic OH excluding ortho intramolecular Hbond substituents is 1. The number of carbonyl (C=O) groups excluding carboxylic acids is 2. The minimum absolute atomic E-state index is 0.0174. The van der Waals surface area contributed by atoms with Gasteiger partial charge in [0.05, 0.1) is 17.6 Å². The highest BCUT2D eigenvalue weighted by Gasteiger charge is 2.37. The third-order valence-electron chi connectivity index (χ3n) is 5.29. The summed E-state index contributed by atoms with van der Waals surface area (Å²) in [6.45, 7) is 15.4. The summed E-state index contributed by atoms with van der Waals surface area (Å²) in [7, 11) is 1.68. The van der Waals surface area contributed by atoms with E-state index in [4.69, 9.17) is 0 Å². The van der Waals surface area contributed by atoms with E-state index in [1.807, 2.05) is 20.8 Å². The van der Waals surface area contributed by atoms with E-state index >= 15 is 0 Å². The van der Waals surface area contributed by atoms with E-state index in [0.29, 0.717) is 29.9 Å². The quantitative estimate of drug-likeness (QED) is 0.180. The molecule has 0 bridgehead atoms. The molecule has 2 rings (SSSR count). The molecule has 11 heteroatoms. The number of hydrazone groups is 1. The Kier molecular flexibility index (Phi) is 17.0. The van der Waals surface area contributed by atoms with Crippen molar-refractivity contribution in [1.82, 2.24) is 10.6 Å². The molecular weight excluding hydrogens is 525 g/mol. The Bertz CT molecular complexity index is 1040. The number of nitrogens with one attached hydrogen (secondary N) is 2. The van der Waals surface area contributed by atoms with Gasteiger partial charge in [-0.3, -0.25) is 9.80 Å². The fraction of sp³-hybridized carbons (Fsp3) is 0.483. The van der Waals surface area contributed by atoms with Gasteiger partial charge >= 0.3 is 6.36 Å². The molecule has 1 heterocycles. The second-order valence-corrected chi connectivity index (χ2v) is 8.72. The van der Waals surface area contributed by atoms with Gasteiger partial charge < -0.3 is 25.3 Å². The fourth-order valence-electron chi connectivity index (χ4n) is 3.67. The number of anilines is 1. The van der Waals surface area contributed by atoms with Crippen LogP contribution in [0.5, 0.6) is 5.75 Å². The standard InChI is InChI=1S/C24H29F3N4O4.C3H8.C2H6/c1-15(7-5-8-16(2)35-24(25,26)27)21-17(3)22(29-23(34)18(11-12-32)14-28-4)30-31(21)19-9-6-10-20(33)13-19;1-3-2;1-2/h5-10,12-13,17-18,21,28,33H,2,11,14H2,1,3-4H3,(H,29,30,34);3H2,1-2H3;1-2H3/b8-5-,15-7+;;/t17-,18-,21?;;/m0../s1. The molecule has 0 fully saturated rings. The van der Waals surface area contributed by atoms with Crippen molar-refractivity contribution in [3.8, 4) is 5.75 Å². The normalized spacial score (nSPS) is 17.6. The van der Waals surface area contributed by atoms with Crippen molar-refractivity contribution in [3.05, 3.63) is 60.4 Å². The van der Waals surface area contributed by atoms with Crippen LogP contribution >= 0.6 is 0 Å². The third kappa shape index (κ3) is 12.5. The first-order chi connectivity index (χ1) is 18.9. The first-order valence-electron chi connectivity index (χ1n) is 13.2. The van der Waals surface area contributed by atoms with E-state index < -0.39 is 24.1 Å². The van der Waals surface area contributed by atoms with Gasteiger partial charge in [0.2, 0.25) is 5.91 Å². The number of hydrogen-bond donors (Lipinski definition) is 3. The Morgan fingerprint density at radius 3 is 2.45 bits per heavy atom. The summed E-state index contributed by atoms with van der Waals surface area (Å²) in [4.78, 5) is 23.7. The van der Waals surface area contributed by atoms with Crippen LogP contribution in [0.3, 0.4) is 0 Å². The smallest absolute Gasteiger partial charge is 0.508 e. The van der Waals surface area contributed by atoms with Crippen molar-refractivity contribution in [3.63, 3.8) is 0 Å². The van der Waals surface area contributed by atoms with Crippen LogP contribution < -0.4 is 15.6 Å². The Labute approximate surface area is 235 Å². The number of rotatable bonds is 10. The highest BCUT2D eigenvalue weighted by molar-refractivity contribution is 6.02. The second-order valence-electron chi connectivity index (χ2n) is 8.72. The molecule has 1 aromatic carbocycles. The molecule has 1 aliphatic heterocycles. The molecule has 0 saturated heterocycles. The van der Waals surface area contributed by atoms with Crippen molar-refractivity contribution in [1.29, 1.82) is 0 Å². The minimum Gasteiger partial charge on any atom is -0.508 e. The summed E-state index contributed by atoms with van der Waals surface area (Å²) < 4.78 is 40.7. The number of hydrogen-bond acceptors (Lipinski definition) is 7. The number of allylic oxidation sites excluding steroid dienone is 3. The van der Waals surface area contributed by atoms with Gasteiger partial charge in [0.1, 0.15) is 23.6 Å². The highest BCUT2D eigenvalue weighted by Crippen LogP contribution is 2.33. The number of benzene rings is 1. The van der Waals surface area contributed by atoms with Crippen LogP contribution in [0.15, 0.2) is 65.5 Å². The second kappa shape index (κ2) is 18.6. The number of phenols is 1. The molecule has 0 radical (unpaired) electrons. The number of carbonyl (C=O) groups is 2. The zero-order valence-electron chi connectivity index (χ0n) is 24.4. The lowest BCUT2D eigenvalue weighted by atomic mass is 9.93. The summed E-state index contributed by atoms with van der Waals surface area (Å²) in [5.41, 5.74) is 1.26. The maximum absolute atomic E-state index is 12.8. The number of aromatic hydroxyl groups is 1. The third-order valence-corrected chi connectivity index (χ3v) is 5.29. The summed E-state index contributed by atoms with van der Waals surface area (Å²) in [5, 5.41) is 21.8. The lowest BCUT2D eigenvalue weighted by molar-refractivity contribution is -0.303. The van der Waals surface area contributed by atoms with Gasteiger partial charge in [-0.25, -0.2) is 0 Å².